The maximum Gasteiger partial charge on any atom is 0.240 e. The third kappa shape index (κ3) is 3.63. The Labute approximate surface area is 111 Å². The highest BCUT2D eigenvalue weighted by molar-refractivity contribution is 7.89. The van der Waals surface area contributed by atoms with Crippen LogP contribution in [-0.4, -0.2) is 30.0 Å². The van der Waals surface area contributed by atoms with Crippen LogP contribution in [0.5, 0.6) is 0 Å². The summed E-state index contributed by atoms with van der Waals surface area (Å²) in [4.78, 5) is 6.92. The highest BCUT2D eigenvalue weighted by Gasteiger charge is 2.13. The van der Waals surface area contributed by atoms with Crippen LogP contribution in [0.25, 0.3) is 0 Å². The molecule has 2 rings (SSSR count). The molecule has 0 aliphatic rings. The van der Waals surface area contributed by atoms with E-state index in [1.54, 1.807) is 24.7 Å². The molecule has 0 atom stereocenters. The average molecular weight is 281 g/mol. The van der Waals surface area contributed by atoms with E-state index < -0.39 is 10.0 Å². The molecule has 1 aromatic heterocycles. The van der Waals surface area contributed by atoms with Crippen molar-refractivity contribution in [2.45, 2.75) is 17.9 Å². The Bertz CT molecular complexity index is 623. The number of rotatable bonds is 6. The second-order valence-corrected chi connectivity index (χ2v) is 5.80. The van der Waals surface area contributed by atoms with Crippen LogP contribution in [-0.2, 0) is 23.1 Å². The van der Waals surface area contributed by atoms with E-state index in [4.69, 9.17) is 5.11 Å². The van der Waals surface area contributed by atoms with Gasteiger partial charge in [0.25, 0.3) is 0 Å². The number of aliphatic hydroxyl groups is 1. The normalized spacial score (nSPS) is 11.6. The maximum atomic E-state index is 12.0. The first-order valence-corrected chi connectivity index (χ1v) is 7.27. The third-order valence-corrected chi connectivity index (χ3v) is 4.09. The molecule has 7 heteroatoms. The van der Waals surface area contributed by atoms with Gasteiger partial charge in [-0.1, -0.05) is 12.1 Å². The highest BCUT2D eigenvalue weighted by atomic mass is 32.2. The number of benzene rings is 1. The standard InChI is InChI=1S/C12H15N3O3S/c16-8-10-2-1-3-12(6-10)19(17,18)15-5-4-11-7-13-9-14-11/h1-3,6-7,9,15-16H,4-5,8H2,(H,13,14). The summed E-state index contributed by atoms with van der Waals surface area (Å²) in [6.45, 7) is 0.103. The molecule has 102 valence electrons. The van der Waals surface area contributed by atoms with Gasteiger partial charge in [-0.05, 0) is 17.7 Å². The van der Waals surface area contributed by atoms with Crippen LogP contribution in [0.3, 0.4) is 0 Å². The fourth-order valence-corrected chi connectivity index (χ4v) is 2.74. The van der Waals surface area contributed by atoms with Crippen molar-refractivity contribution >= 4 is 10.0 Å². The van der Waals surface area contributed by atoms with Crippen LogP contribution < -0.4 is 4.72 Å². The van der Waals surface area contributed by atoms with Gasteiger partial charge >= 0.3 is 0 Å². The molecule has 0 radical (unpaired) electrons. The van der Waals surface area contributed by atoms with Gasteiger partial charge in [0.15, 0.2) is 0 Å². The third-order valence-electron chi connectivity index (χ3n) is 2.63. The number of hydrogen-bond acceptors (Lipinski definition) is 4. The predicted molar refractivity (Wildman–Crippen MR) is 69.8 cm³/mol. The summed E-state index contributed by atoms with van der Waals surface area (Å²) >= 11 is 0. The van der Waals surface area contributed by atoms with Gasteiger partial charge in [-0.25, -0.2) is 18.1 Å². The van der Waals surface area contributed by atoms with Crippen LogP contribution >= 0.6 is 0 Å². The van der Waals surface area contributed by atoms with Gasteiger partial charge in [0.05, 0.1) is 17.8 Å². The van der Waals surface area contributed by atoms with Crippen molar-refractivity contribution in [3.63, 3.8) is 0 Å². The Kier molecular flexibility index (Phi) is 4.31. The van der Waals surface area contributed by atoms with Gasteiger partial charge in [-0.15, -0.1) is 0 Å². The first-order chi connectivity index (χ1) is 9.12. The SMILES string of the molecule is O=S(=O)(NCCc1cnc[nH]1)c1cccc(CO)c1. The fourth-order valence-electron chi connectivity index (χ4n) is 1.64. The number of hydrogen-bond donors (Lipinski definition) is 3. The second-order valence-electron chi connectivity index (χ2n) is 4.03. The number of nitrogens with zero attached hydrogens (tertiary/aromatic N) is 1. The second kappa shape index (κ2) is 5.96. The quantitative estimate of drug-likeness (QED) is 0.715. The molecule has 0 aliphatic heterocycles. The number of sulfonamides is 1. The van der Waals surface area contributed by atoms with E-state index in [1.807, 2.05) is 0 Å². The number of aromatic amines is 1. The maximum absolute atomic E-state index is 12.0. The van der Waals surface area contributed by atoms with E-state index in [0.29, 0.717) is 12.0 Å². The summed E-state index contributed by atoms with van der Waals surface area (Å²) in [7, 11) is -3.54. The summed E-state index contributed by atoms with van der Waals surface area (Å²) in [6, 6.07) is 6.23. The lowest BCUT2D eigenvalue weighted by molar-refractivity contribution is 0.281. The molecule has 0 unspecified atom stereocenters. The van der Waals surface area contributed by atoms with Crippen LogP contribution in [0.2, 0.25) is 0 Å². The van der Waals surface area contributed by atoms with Gasteiger partial charge < -0.3 is 10.1 Å². The minimum Gasteiger partial charge on any atom is -0.392 e. The molecule has 0 saturated heterocycles. The Morgan fingerprint density at radius 3 is 2.89 bits per heavy atom. The summed E-state index contributed by atoms with van der Waals surface area (Å²) in [5, 5.41) is 9.00. The van der Waals surface area contributed by atoms with E-state index >= 15 is 0 Å². The molecule has 0 bridgehead atoms. The first-order valence-electron chi connectivity index (χ1n) is 5.78. The van der Waals surface area contributed by atoms with E-state index in [2.05, 4.69) is 14.7 Å². The van der Waals surface area contributed by atoms with E-state index in [-0.39, 0.29) is 18.0 Å². The summed E-state index contributed by atoms with van der Waals surface area (Å²) < 4.78 is 26.5. The molecule has 0 spiro atoms. The van der Waals surface area contributed by atoms with Crippen molar-refractivity contribution in [1.29, 1.82) is 0 Å². The van der Waals surface area contributed by atoms with Crippen molar-refractivity contribution in [2.24, 2.45) is 0 Å². The minimum atomic E-state index is -3.54. The van der Waals surface area contributed by atoms with Crippen molar-refractivity contribution in [3.05, 3.63) is 48.0 Å². The zero-order valence-corrected chi connectivity index (χ0v) is 11.0. The lowest BCUT2D eigenvalue weighted by atomic mass is 10.2. The highest BCUT2D eigenvalue weighted by Crippen LogP contribution is 2.11. The van der Waals surface area contributed by atoms with E-state index in [1.165, 1.54) is 12.1 Å². The lowest BCUT2D eigenvalue weighted by Crippen LogP contribution is -2.26. The molecule has 0 aliphatic carbocycles. The monoisotopic (exact) mass is 281 g/mol. The Balaban J connectivity index is 2.01. The molecule has 0 fully saturated rings. The zero-order valence-electron chi connectivity index (χ0n) is 10.2. The predicted octanol–water partition coefficient (Wildman–Crippen LogP) is 0.423. The summed E-state index contributed by atoms with van der Waals surface area (Å²) in [6.07, 6.45) is 3.74. The number of imidazole rings is 1. The number of H-pyrrole nitrogens is 1. The lowest BCUT2D eigenvalue weighted by Gasteiger charge is -2.07. The van der Waals surface area contributed by atoms with Crippen molar-refractivity contribution < 1.29 is 13.5 Å². The molecule has 19 heavy (non-hydrogen) atoms. The van der Waals surface area contributed by atoms with Crippen LogP contribution in [0, 0.1) is 0 Å². The Hall–Kier alpha value is -1.70. The largest absolute Gasteiger partial charge is 0.392 e. The van der Waals surface area contributed by atoms with Gasteiger partial charge in [-0.3, -0.25) is 0 Å². The van der Waals surface area contributed by atoms with Crippen LogP contribution in [0.1, 0.15) is 11.3 Å². The molecule has 2 aromatic rings. The van der Waals surface area contributed by atoms with Gasteiger partial charge in [-0.2, -0.15) is 0 Å². The molecular formula is C12H15N3O3S. The molecular weight excluding hydrogens is 266 g/mol. The van der Waals surface area contributed by atoms with Crippen molar-refractivity contribution in [1.82, 2.24) is 14.7 Å². The molecule has 6 nitrogen and oxygen atoms in total. The van der Waals surface area contributed by atoms with Gasteiger partial charge in [0.1, 0.15) is 0 Å². The molecule has 0 saturated carbocycles. The zero-order chi connectivity index (χ0) is 13.7. The summed E-state index contributed by atoms with van der Waals surface area (Å²) in [5.74, 6) is 0. The number of nitrogens with one attached hydrogen (secondary N) is 2. The Morgan fingerprint density at radius 1 is 1.37 bits per heavy atom. The van der Waals surface area contributed by atoms with Crippen molar-refractivity contribution in [3.8, 4) is 0 Å². The Morgan fingerprint density at radius 2 is 2.21 bits per heavy atom. The molecule has 0 amide bonds. The van der Waals surface area contributed by atoms with E-state index in [0.717, 1.165) is 5.69 Å². The fraction of sp³-hybridized carbons (Fsp3) is 0.250. The summed E-state index contributed by atoms with van der Waals surface area (Å²) in [5.41, 5.74) is 1.43. The molecule has 3 N–H and O–H groups in total. The molecule has 1 aromatic carbocycles. The van der Waals surface area contributed by atoms with Crippen molar-refractivity contribution in [2.75, 3.05) is 6.54 Å². The van der Waals surface area contributed by atoms with Gasteiger partial charge in [0, 0.05) is 24.9 Å². The topological polar surface area (TPSA) is 95.1 Å². The molecule has 1 heterocycles. The number of aromatic nitrogens is 2. The first kappa shape index (κ1) is 13.7. The average Bonchev–Trinajstić information content (AvgIpc) is 2.92. The van der Waals surface area contributed by atoms with E-state index in [9.17, 15) is 8.42 Å². The van der Waals surface area contributed by atoms with Crippen LogP contribution in [0.4, 0.5) is 0 Å². The smallest absolute Gasteiger partial charge is 0.240 e. The number of aliphatic hydroxyl groups excluding tert-OH is 1. The van der Waals surface area contributed by atoms with Crippen LogP contribution in [0.15, 0.2) is 41.7 Å². The minimum absolute atomic E-state index is 0.156. The van der Waals surface area contributed by atoms with Gasteiger partial charge in [0.2, 0.25) is 10.0 Å².